The first-order valence-electron chi connectivity index (χ1n) is 10.9. The SMILES string of the molecule is [B]C1(C(C)CCC(C)C2CCCC2)CCCCCCCCCC1. The molecule has 2 aliphatic carbocycles. The maximum absolute atomic E-state index is 6.98. The summed E-state index contributed by atoms with van der Waals surface area (Å²) in [5.41, 5.74) is 0. The van der Waals surface area contributed by atoms with Gasteiger partial charge in [-0.05, 0) is 17.8 Å². The third kappa shape index (κ3) is 6.47. The van der Waals surface area contributed by atoms with Gasteiger partial charge in [0.05, 0.1) is 7.85 Å². The van der Waals surface area contributed by atoms with Crippen molar-refractivity contribution in [2.75, 3.05) is 0 Å². The van der Waals surface area contributed by atoms with E-state index in [1.165, 1.54) is 103 Å². The highest BCUT2D eigenvalue weighted by molar-refractivity contribution is 6.15. The van der Waals surface area contributed by atoms with Crippen molar-refractivity contribution in [2.24, 2.45) is 17.8 Å². The van der Waals surface area contributed by atoms with E-state index >= 15 is 0 Å². The smallest absolute Gasteiger partial charge is 0.0635 e. The average Bonchev–Trinajstić information content (AvgIpc) is 3.06. The van der Waals surface area contributed by atoms with Gasteiger partial charge in [-0.25, -0.2) is 0 Å². The van der Waals surface area contributed by atoms with E-state index in [4.69, 9.17) is 7.85 Å². The molecule has 0 saturated heterocycles. The standard InChI is InChI=1S/C22H41B/c1-19(21-13-9-10-14-21)15-16-20(2)22(23)17-11-7-5-3-4-6-8-12-18-22/h19-21H,3-18H2,1-2H3. The Morgan fingerprint density at radius 2 is 1.22 bits per heavy atom. The van der Waals surface area contributed by atoms with Crippen LogP contribution in [0.3, 0.4) is 0 Å². The zero-order chi connectivity index (χ0) is 16.5. The topological polar surface area (TPSA) is 0 Å². The normalized spacial score (nSPS) is 27.2. The monoisotopic (exact) mass is 316 g/mol. The summed E-state index contributed by atoms with van der Waals surface area (Å²) >= 11 is 0. The third-order valence-electron chi connectivity index (χ3n) is 7.28. The van der Waals surface area contributed by atoms with Gasteiger partial charge in [0.25, 0.3) is 0 Å². The van der Waals surface area contributed by atoms with Crippen LogP contribution in [0.2, 0.25) is 5.31 Å². The van der Waals surface area contributed by atoms with Crippen LogP contribution in [-0.2, 0) is 0 Å². The molecule has 2 unspecified atom stereocenters. The van der Waals surface area contributed by atoms with Gasteiger partial charge in [0.2, 0.25) is 0 Å². The van der Waals surface area contributed by atoms with Crippen LogP contribution in [-0.4, -0.2) is 7.85 Å². The van der Waals surface area contributed by atoms with E-state index in [1.54, 1.807) is 0 Å². The van der Waals surface area contributed by atoms with Crippen LogP contribution in [0.4, 0.5) is 0 Å². The van der Waals surface area contributed by atoms with Gasteiger partial charge < -0.3 is 0 Å². The molecule has 0 spiro atoms. The Hall–Kier alpha value is 0.0649. The quantitative estimate of drug-likeness (QED) is 0.461. The molecule has 0 amide bonds. The Morgan fingerprint density at radius 3 is 1.74 bits per heavy atom. The molecule has 0 nitrogen and oxygen atoms in total. The summed E-state index contributed by atoms with van der Waals surface area (Å²) in [4.78, 5) is 0. The summed E-state index contributed by atoms with van der Waals surface area (Å²) in [7, 11) is 6.98. The van der Waals surface area contributed by atoms with E-state index in [9.17, 15) is 0 Å². The molecule has 132 valence electrons. The summed E-state index contributed by atoms with van der Waals surface area (Å²) in [6.07, 6.45) is 22.5. The molecule has 0 heterocycles. The highest BCUT2D eigenvalue weighted by Crippen LogP contribution is 2.46. The van der Waals surface area contributed by atoms with Crippen LogP contribution in [0.1, 0.15) is 117 Å². The minimum Gasteiger partial charge on any atom is -0.0635 e. The summed E-state index contributed by atoms with van der Waals surface area (Å²) in [5.74, 6) is 2.64. The summed E-state index contributed by atoms with van der Waals surface area (Å²) in [6, 6.07) is 0. The van der Waals surface area contributed by atoms with Gasteiger partial charge in [-0.2, -0.15) is 0 Å². The van der Waals surface area contributed by atoms with Crippen LogP contribution < -0.4 is 0 Å². The molecule has 2 rings (SSSR count). The first-order chi connectivity index (χ1) is 11.1. The predicted octanol–water partition coefficient (Wildman–Crippen LogP) is 7.47. The molecule has 23 heavy (non-hydrogen) atoms. The summed E-state index contributed by atoms with van der Waals surface area (Å²) in [6.45, 7) is 4.96. The molecule has 0 bridgehead atoms. The van der Waals surface area contributed by atoms with Crippen LogP contribution in [0.5, 0.6) is 0 Å². The molecule has 1 heteroatoms. The van der Waals surface area contributed by atoms with E-state index in [-0.39, 0.29) is 5.31 Å². The largest absolute Gasteiger partial charge is 0.0749 e. The lowest BCUT2D eigenvalue weighted by atomic mass is 9.55. The second-order valence-electron chi connectivity index (χ2n) is 9.06. The van der Waals surface area contributed by atoms with Gasteiger partial charge in [0.15, 0.2) is 0 Å². The van der Waals surface area contributed by atoms with Crippen molar-refractivity contribution in [1.82, 2.24) is 0 Å². The highest BCUT2D eigenvalue weighted by Gasteiger charge is 2.30. The van der Waals surface area contributed by atoms with E-state index in [0.717, 1.165) is 11.8 Å². The molecule has 2 fully saturated rings. The maximum atomic E-state index is 6.98. The van der Waals surface area contributed by atoms with Crippen molar-refractivity contribution in [1.29, 1.82) is 0 Å². The van der Waals surface area contributed by atoms with Crippen LogP contribution in [0.15, 0.2) is 0 Å². The average molecular weight is 316 g/mol. The van der Waals surface area contributed by atoms with Gasteiger partial charge in [-0.15, -0.1) is 0 Å². The van der Waals surface area contributed by atoms with Crippen molar-refractivity contribution in [2.45, 2.75) is 122 Å². The van der Waals surface area contributed by atoms with E-state index in [0.29, 0.717) is 5.92 Å². The van der Waals surface area contributed by atoms with Crippen molar-refractivity contribution >= 4 is 7.85 Å². The van der Waals surface area contributed by atoms with Crippen LogP contribution >= 0.6 is 0 Å². The molecule has 0 aromatic carbocycles. The highest BCUT2D eigenvalue weighted by atomic mass is 14.3. The fourth-order valence-electron chi connectivity index (χ4n) is 5.15. The first kappa shape index (κ1) is 19.4. The molecule has 0 aliphatic heterocycles. The fraction of sp³-hybridized carbons (Fsp3) is 1.00. The Morgan fingerprint density at radius 1 is 0.739 bits per heavy atom. The molecule has 0 aromatic rings. The van der Waals surface area contributed by atoms with Gasteiger partial charge in [-0.1, -0.05) is 122 Å². The van der Waals surface area contributed by atoms with Crippen LogP contribution in [0.25, 0.3) is 0 Å². The molecular weight excluding hydrogens is 275 g/mol. The van der Waals surface area contributed by atoms with Gasteiger partial charge >= 0.3 is 0 Å². The van der Waals surface area contributed by atoms with E-state index in [2.05, 4.69) is 13.8 Å². The van der Waals surface area contributed by atoms with E-state index in [1.807, 2.05) is 0 Å². The summed E-state index contributed by atoms with van der Waals surface area (Å²) < 4.78 is 0. The van der Waals surface area contributed by atoms with Crippen molar-refractivity contribution in [3.8, 4) is 0 Å². The molecule has 0 N–H and O–H groups in total. The zero-order valence-corrected chi connectivity index (χ0v) is 16.1. The first-order valence-corrected chi connectivity index (χ1v) is 10.9. The second-order valence-corrected chi connectivity index (χ2v) is 9.06. The lowest BCUT2D eigenvalue weighted by molar-refractivity contribution is 0.260. The second kappa shape index (κ2) is 10.1. The number of rotatable bonds is 5. The zero-order valence-electron chi connectivity index (χ0n) is 16.1. The van der Waals surface area contributed by atoms with Gasteiger partial charge in [-0.3, -0.25) is 0 Å². The Labute approximate surface area is 148 Å². The Kier molecular flexibility index (Phi) is 8.55. The Balaban J connectivity index is 1.81. The molecule has 2 aliphatic rings. The predicted molar refractivity (Wildman–Crippen MR) is 104 cm³/mol. The van der Waals surface area contributed by atoms with Crippen molar-refractivity contribution < 1.29 is 0 Å². The summed E-state index contributed by atoms with van der Waals surface area (Å²) in [5, 5.41) is 0.125. The van der Waals surface area contributed by atoms with Gasteiger partial charge in [0.1, 0.15) is 0 Å². The van der Waals surface area contributed by atoms with Crippen molar-refractivity contribution in [3.05, 3.63) is 0 Å². The van der Waals surface area contributed by atoms with Crippen molar-refractivity contribution in [3.63, 3.8) is 0 Å². The minimum atomic E-state index is 0.125. The molecular formula is C22H41B. The van der Waals surface area contributed by atoms with E-state index < -0.39 is 0 Å². The lowest BCUT2D eigenvalue weighted by Crippen LogP contribution is -2.23. The van der Waals surface area contributed by atoms with Gasteiger partial charge in [0, 0.05) is 0 Å². The lowest BCUT2D eigenvalue weighted by Gasteiger charge is -2.38. The number of hydrogen-bond acceptors (Lipinski definition) is 0. The molecule has 0 aromatic heterocycles. The fourth-order valence-corrected chi connectivity index (χ4v) is 5.15. The molecule has 2 radical (unpaired) electrons. The van der Waals surface area contributed by atoms with Crippen LogP contribution in [0, 0.1) is 17.8 Å². The third-order valence-corrected chi connectivity index (χ3v) is 7.28. The molecule has 2 atom stereocenters. The minimum absolute atomic E-state index is 0.125. The Bertz CT molecular complexity index is 293. The maximum Gasteiger partial charge on any atom is 0.0749 e. The number of hydrogen-bond donors (Lipinski definition) is 0. The molecule has 2 saturated carbocycles.